The predicted octanol–water partition coefficient (Wildman–Crippen LogP) is 0.882. The lowest BCUT2D eigenvalue weighted by atomic mass is 10.2. The molecule has 0 radical (unpaired) electrons. The Morgan fingerprint density at radius 2 is 2.07 bits per heavy atom. The molecule has 80 valence electrons. The molecular formula is C9H15NO3S. The molecule has 1 rings (SSSR count). The van der Waals surface area contributed by atoms with E-state index in [4.69, 9.17) is 10.00 Å². The van der Waals surface area contributed by atoms with Gasteiger partial charge in [0.2, 0.25) is 0 Å². The van der Waals surface area contributed by atoms with Crippen molar-refractivity contribution in [2.45, 2.75) is 36.7 Å². The molecule has 1 unspecified atom stereocenters. The molecule has 0 aromatic carbocycles. The molecule has 1 aliphatic heterocycles. The van der Waals surface area contributed by atoms with E-state index in [1.54, 1.807) is 6.92 Å². The van der Waals surface area contributed by atoms with Gasteiger partial charge in [0.05, 0.1) is 11.3 Å². The maximum Gasteiger partial charge on any atom is 0.169 e. The van der Waals surface area contributed by atoms with E-state index in [1.807, 2.05) is 6.07 Å². The zero-order valence-corrected chi connectivity index (χ0v) is 9.09. The van der Waals surface area contributed by atoms with Crippen LogP contribution in [0.2, 0.25) is 0 Å². The Hall–Kier alpha value is -0.600. The molecule has 0 bridgehead atoms. The second kappa shape index (κ2) is 4.76. The van der Waals surface area contributed by atoms with E-state index in [0.717, 1.165) is 0 Å². The Morgan fingerprint density at radius 3 is 2.50 bits per heavy atom. The van der Waals surface area contributed by atoms with Gasteiger partial charge in [-0.15, -0.1) is 0 Å². The van der Waals surface area contributed by atoms with Gasteiger partial charge in [-0.1, -0.05) is 6.92 Å². The van der Waals surface area contributed by atoms with Gasteiger partial charge in [0.25, 0.3) is 0 Å². The number of rotatable bonds is 3. The van der Waals surface area contributed by atoms with Gasteiger partial charge in [-0.2, -0.15) is 5.26 Å². The summed E-state index contributed by atoms with van der Waals surface area (Å²) in [5.74, 6) is 0. The maximum atomic E-state index is 11.9. The van der Waals surface area contributed by atoms with Crippen LogP contribution in [0, 0.1) is 11.3 Å². The van der Waals surface area contributed by atoms with Gasteiger partial charge in [-0.25, -0.2) is 8.42 Å². The van der Waals surface area contributed by atoms with E-state index in [9.17, 15) is 8.42 Å². The van der Waals surface area contributed by atoms with Crippen molar-refractivity contribution in [1.29, 1.82) is 5.26 Å². The van der Waals surface area contributed by atoms with Gasteiger partial charge >= 0.3 is 0 Å². The number of nitriles is 1. The molecule has 1 saturated heterocycles. The highest BCUT2D eigenvalue weighted by atomic mass is 32.2. The first-order chi connectivity index (χ1) is 6.62. The van der Waals surface area contributed by atoms with Gasteiger partial charge in [0.1, 0.15) is 5.25 Å². The Labute approximate surface area is 84.8 Å². The molecule has 0 aromatic heterocycles. The van der Waals surface area contributed by atoms with E-state index in [1.165, 1.54) is 0 Å². The zero-order valence-electron chi connectivity index (χ0n) is 8.27. The van der Waals surface area contributed by atoms with Gasteiger partial charge in [0.15, 0.2) is 9.84 Å². The normalized spacial score (nSPS) is 21.4. The van der Waals surface area contributed by atoms with E-state index < -0.39 is 15.1 Å². The average Bonchev–Trinajstić information content (AvgIpc) is 2.20. The van der Waals surface area contributed by atoms with Crippen LogP contribution in [0.5, 0.6) is 0 Å². The maximum absolute atomic E-state index is 11.9. The molecule has 0 N–H and O–H groups in total. The summed E-state index contributed by atoms with van der Waals surface area (Å²) >= 11 is 0. The van der Waals surface area contributed by atoms with Crippen LogP contribution in [-0.2, 0) is 14.6 Å². The fraction of sp³-hybridized carbons (Fsp3) is 0.889. The number of nitrogens with zero attached hydrogens (tertiary/aromatic N) is 1. The number of sulfone groups is 1. The van der Waals surface area contributed by atoms with Crippen LogP contribution in [0.1, 0.15) is 26.2 Å². The van der Waals surface area contributed by atoms with Gasteiger partial charge < -0.3 is 4.74 Å². The highest BCUT2D eigenvalue weighted by Crippen LogP contribution is 2.21. The molecule has 1 fully saturated rings. The lowest BCUT2D eigenvalue weighted by Crippen LogP contribution is -2.35. The summed E-state index contributed by atoms with van der Waals surface area (Å²) in [6.07, 6.45) is 1.43. The van der Waals surface area contributed by atoms with Crippen LogP contribution >= 0.6 is 0 Å². The summed E-state index contributed by atoms with van der Waals surface area (Å²) in [6, 6.07) is 1.86. The highest BCUT2D eigenvalue weighted by molar-refractivity contribution is 7.92. The third-order valence-electron chi connectivity index (χ3n) is 2.54. The SMILES string of the molecule is CCC(C#N)S(=O)(=O)C1CCOCC1. The molecule has 1 atom stereocenters. The van der Waals surface area contributed by atoms with Crippen molar-refractivity contribution in [2.24, 2.45) is 0 Å². The molecule has 0 aliphatic carbocycles. The van der Waals surface area contributed by atoms with Crippen molar-refractivity contribution >= 4 is 9.84 Å². The third-order valence-corrected chi connectivity index (χ3v) is 5.18. The standard InChI is InChI=1S/C9H15NO3S/c1-2-8(7-10)14(11,12)9-3-5-13-6-4-9/h8-9H,2-6H2,1H3. The lowest BCUT2D eigenvalue weighted by molar-refractivity contribution is 0.0982. The Bertz CT molecular complexity index is 311. The van der Waals surface area contributed by atoms with Crippen LogP contribution in [0.4, 0.5) is 0 Å². The fourth-order valence-electron chi connectivity index (χ4n) is 1.63. The number of hydrogen-bond acceptors (Lipinski definition) is 4. The average molecular weight is 217 g/mol. The Balaban J connectivity index is 2.78. The first kappa shape index (κ1) is 11.5. The van der Waals surface area contributed by atoms with E-state index >= 15 is 0 Å². The van der Waals surface area contributed by atoms with Crippen LogP contribution in [-0.4, -0.2) is 32.1 Å². The fourth-order valence-corrected chi connectivity index (χ4v) is 3.56. The highest BCUT2D eigenvalue weighted by Gasteiger charge is 2.33. The second-order valence-electron chi connectivity index (χ2n) is 3.43. The predicted molar refractivity (Wildman–Crippen MR) is 52.5 cm³/mol. The third kappa shape index (κ3) is 2.25. The lowest BCUT2D eigenvalue weighted by Gasteiger charge is -2.23. The molecule has 0 aromatic rings. The summed E-state index contributed by atoms with van der Waals surface area (Å²) in [4.78, 5) is 0. The summed E-state index contributed by atoms with van der Waals surface area (Å²) in [6.45, 7) is 2.71. The van der Waals surface area contributed by atoms with Gasteiger partial charge in [-0.05, 0) is 19.3 Å². The summed E-state index contributed by atoms with van der Waals surface area (Å²) in [5, 5.41) is 7.52. The first-order valence-electron chi connectivity index (χ1n) is 4.83. The molecule has 1 heterocycles. The minimum absolute atomic E-state index is 0.371. The summed E-state index contributed by atoms with van der Waals surface area (Å²) in [5.41, 5.74) is 0. The van der Waals surface area contributed by atoms with E-state index in [0.29, 0.717) is 32.5 Å². The first-order valence-corrected chi connectivity index (χ1v) is 6.44. The van der Waals surface area contributed by atoms with Crippen molar-refractivity contribution in [3.05, 3.63) is 0 Å². The van der Waals surface area contributed by atoms with Crippen LogP contribution in [0.25, 0.3) is 0 Å². The molecule has 0 spiro atoms. The molecule has 0 saturated carbocycles. The Morgan fingerprint density at radius 1 is 1.50 bits per heavy atom. The molecule has 0 amide bonds. The molecule has 4 nitrogen and oxygen atoms in total. The summed E-state index contributed by atoms with van der Waals surface area (Å²) in [7, 11) is -3.27. The molecule has 14 heavy (non-hydrogen) atoms. The topological polar surface area (TPSA) is 67.2 Å². The van der Waals surface area contributed by atoms with Crippen LogP contribution < -0.4 is 0 Å². The van der Waals surface area contributed by atoms with Crippen molar-refractivity contribution in [3.63, 3.8) is 0 Å². The van der Waals surface area contributed by atoms with E-state index in [2.05, 4.69) is 0 Å². The summed E-state index contributed by atoms with van der Waals surface area (Å²) < 4.78 is 28.8. The van der Waals surface area contributed by atoms with Crippen molar-refractivity contribution in [2.75, 3.05) is 13.2 Å². The van der Waals surface area contributed by atoms with Gasteiger partial charge in [0, 0.05) is 13.2 Å². The smallest absolute Gasteiger partial charge is 0.169 e. The van der Waals surface area contributed by atoms with Gasteiger partial charge in [-0.3, -0.25) is 0 Å². The van der Waals surface area contributed by atoms with E-state index in [-0.39, 0.29) is 5.25 Å². The molecular weight excluding hydrogens is 202 g/mol. The minimum Gasteiger partial charge on any atom is -0.381 e. The molecule has 5 heteroatoms. The van der Waals surface area contributed by atoms with Crippen molar-refractivity contribution in [3.8, 4) is 6.07 Å². The second-order valence-corrected chi connectivity index (χ2v) is 5.84. The largest absolute Gasteiger partial charge is 0.381 e. The quantitative estimate of drug-likeness (QED) is 0.704. The van der Waals surface area contributed by atoms with Crippen molar-refractivity contribution < 1.29 is 13.2 Å². The number of ether oxygens (including phenoxy) is 1. The van der Waals surface area contributed by atoms with Crippen molar-refractivity contribution in [1.82, 2.24) is 0 Å². The van der Waals surface area contributed by atoms with Crippen LogP contribution in [0.3, 0.4) is 0 Å². The Kier molecular flexibility index (Phi) is 3.90. The van der Waals surface area contributed by atoms with Crippen LogP contribution in [0.15, 0.2) is 0 Å². The minimum atomic E-state index is -3.27. The monoisotopic (exact) mass is 217 g/mol. The zero-order chi connectivity index (χ0) is 10.6. The number of hydrogen-bond donors (Lipinski definition) is 0. The molecule has 1 aliphatic rings.